The van der Waals surface area contributed by atoms with Crippen molar-refractivity contribution in [3.63, 3.8) is 0 Å². The standard InChI is InChI=1S/C21H30N6O2/c1-4-22-20(24-15-21(2,29)17-13-25-26(3)14-17)23-12-16-7-9-18(10-8-16)27-11-5-6-19(27)28/h7-10,13-14,29H,4-6,11-12,15H2,1-3H3,(H2,22,23,24). The van der Waals surface area contributed by atoms with Gasteiger partial charge in [0.05, 0.1) is 19.3 Å². The molecule has 1 aliphatic heterocycles. The van der Waals surface area contributed by atoms with E-state index in [9.17, 15) is 9.90 Å². The molecule has 2 aromatic rings. The van der Waals surface area contributed by atoms with Crippen LogP contribution in [-0.4, -0.2) is 46.4 Å². The highest BCUT2D eigenvalue weighted by Crippen LogP contribution is 2.22. The number of rotatable bonds is 7. The Hall–Kier alpha value is -2.87. The molecule has 1 aliphatic rings. The normalized spacial score (nSPS) is 16.8. The van der Waals surface area contributed by atoms with Crippen LogP contribution in [0.4, 0.5) is 5.69 Å². The van der Waals surface area contributed by atoms with Gasteiger partial charge in [0.1, 0.15) is 5.60 Å². The molecule has 8 nitrogen and oxygen atoms in total. The number of anilines is 1. The van der Waals surface area contributed by atoms with Gasteiger partial charge in [0.2, 0.25) is 5.91 Å². The summed E-state index contributed by atoms with van der Waals surface area (Å²) in [5, 5.41) is 21.2. The van der Waals surface area contributed by atoms with Crippen molar-refractivity contribution < 1.29 is 9.90 Å². The van der Waals surface area contributed by atoms with Gasteiger partial charge in [-0.05, 0) is 38.0 Å². The van der Waals surface area contributed by atoms with Crippen LogP contribution in [0.15, 0.2) is 41.7 Å². The number of aryl methyl sites for hydroxylation is 1. The summed E-state index contributed by atoms with van der Waals surface area (Å²) in [5.41, 5.74) is 1.68. The number of aliphatic imine (C=N–C) groups is 1. The molecule has 2 heterocycles. The van der Waals surface area contributed by atoms with Gasteiger partial charge in [0, 0.05) is 44.0 Å². The van der Waals surface area contributed by atoms with E-state index in [1.54, 1.807) is 24.0 Å². The second-order valence-electron chi connectivity index (χ2n) is 7.54. The minimum absolute atomic E-state index is 0.190. The highest BCUT2D eigenvalue weighted by atomic mass is 16.3. The van der Waals surface area contributed by atoms with Crippen LogP contribution in [0.3, 0.4) is 0 Å². The Morgan fingerprint density at radius 2 is 2.07 bits per heavy atom. The van der Waals surface area contributed by atoms with E-state index in [1.165, 1.54) is 0 Å². The summed E-state index contributed by atoms with van der Waals surface area (Å²) in [4.78, 5) is 18.3. The predicted molar refractivity (Wildman–Crippen MR) is 114 cm³/mol. The molecule has 0 bridgehead atoms. The lowest BCUT2D eigenvalue weighted by atomic mass is 10.00. The van der Waals surface area contributed by atoms with Gasteiger partial charge >= 0.3 is 0 Å². The van der Waals surface area contributed by atoms with E-state index in [-0.39, 0.29) is 5.91 Å². The van der Waals surface area contributed by atoms with Gasteiger partial charge in [0.25, 0.3) is 0 Å². The van der Waals surface area contributed by atoms with Crippen LogP contribution in [0, 0.1) is 0 Å². The fraction of sp³-hybridized carbons (Fsp3) is 0.476. The summed E-state index contributed by atoms with van der Waals surface area (Å²) in [6, 6.07) is 7.95. The van der Waals surface area contributed by atoms with E-state index in [4.69, 9.17) is 0 Å². The third-order valence-corrected chi connectivity index (χ3v) is 5.01. The van der Waals surface area contributed by atoms with Gasteiger partial charge in [-0.3, -0.25) is 9.48 Å². The molecule has 8 heteroatoms. The Bertz CT molecular complexity index is 856. The van der Waals surface area contributed by atoms with E-state index in [2.05, 4.69) is 20.7 Å². The number of guanidine groups is 1. The van der Waals surface area contributed by atoms with Crippen molar-refractivity contribution in [3.8, 4) is 0 Å². The molecule has 29 heavy (non-hydrogen) atoms. The molecule has 1 atom stereocenters. The molecular formula is C21H30N6O2. The van der Waals surface area contributed by atoms with Crippen molar-refractivity contribution in [3.05, 3.63) is 47.8 Å². The van der Waals surface area contributed by atoms with E-state index >= 15 is 0 Å². The number of nitrogens with zero attached hydrogens (tertiary/aromatic N) is 4. The van der Waals surface area contributed by atoms with Crippen molar-refractivity contribution in [1.29, 1.82) is 0 Å². The van der Waals surface area contributed by atoms with Gasteiger partial charge in [-0.2, -0.15) is 5.10 Å². The van der Waals surface area contributed by atoms with Crippen molar-refractivity contribution in [2.24, 2.45) is 12.0 Å². The molecule has 0 radical (unpaired) electrons. The summed E-state index contributed by atoms with van der Waals surface area (Å²) in [6.45, 7) is 6.06. The number of nitrogens with one attached hydrogen (secondary N) is 2. The van der Waals surface area contributed by atoms with Crippen molar-refractivity contribution in [2.45, 2.75) is 38.8 Å². The van der Waals surface area contributed by atoms with E-state index in [1.807, 2.05) is 43.1 Å². The van der Waals surface area contributed by atoms with Crippen LogP contribution in [-0.2, 0) is 24.0 Å². The van der Waals surface area contributed by atoms with Crippen molar-refractivity contribution in [1.82, 2.24) is 20.4 Å². The molecule has 1 saturated heterocycles. The SMILES string of the molecule is CCNC(=NCc1ccc(N2CCCC2=O)cc1)NCC(C)(O)c1cnn(C)c1. The van der Waals surface area contributed by atoms with E-state index in [0.29, 0.717) is 25.5 Å². The third-order valence-electron chi connectivity index (χ3n) is 5.01. The lowest BCUT2D eigenvalue weighted by Gasteiger charge is -2.23. The third kappa shape index (κ3) is 5.35. The van der Waals surface area contributed by atoms with Gasteiger partial charge in [-0.25, -0.2) is 4.99 Å². The van der Waals surface area contributed by atoms with Gasteiger partial charge in [-0.15, -0.1) is 0 Å². The zero-order valence-corrected chi connectivity index (χ0v) is 17.4. The zero-order valence-electron chi connectivity index (χ0n) is 17.4. The number of hydrogen-bond acceptors (Lipinski definition) is 4. The number of carbonyl (C=O) groups excluding carboxylic acids is 1. The van der Waals surface area contributed by atoms with Crippen LogP contribution in [0.2, 0.25) is 0 Å². The van der Waals surface area contributed by atoms with Crippen LogP contribution in [0.25, 0.3) is 0 Å². The molecule has 3 rings (SSSR count). The predicted octanol–water partition coefficient (Wildman–Crippen LogP) is 1.51. The topological polar surface area (TPSA) is 94.8 Å². The molecule has 1 amide bonds. The largest absolute Gasteiger partial charge is 0.383 e. The maximum atomic E-state index is 11.9. The number of amides is 1. The van der Waals surface area contributed by atoms with Gasteiger partial charge in [-0.1, -0.05) is 12.1 Å². The minimum atomic E-state index is -1.06. The van der Waals surface area contributed by atoms with Crippen LogP contribution in [0.5, 0.6) is 0 Å². The van der Waals surface area contributed by atoms with Gasteiger partial charge in [0.15, 0.2) is 5.96 Å². The van der Waals surface area contributed by atoms with E-state index in [0.717, 1.165) is 36.3 Å². The molecule has 0 spiro atoms. The average Bonchev–Trinajstić information content (AvgIpc) is 3.33. The number of aliphatic hydroxyl groups is 1. The lowest BCUT2D eigenvalue weighted by molar-refractivity contribution is -0.117. The molecule has 156 valence electrons. The first-order chi connectivity index (χ1) is 13.9. The second-order valence-corrected chi connectivity index (χ2v) is 7.54. The summed E-state index contributed by atoms with van der Waals surface area (Å²) in [7, 11) is 1.82. The first-order valence-corrected chi connectivity index (χ1v) is 10.0. The Kier molecular flexibility index (Phi) is 6.53. The number of benzene rings is 1. The summed E-state index contributed by atoms with van der Waals surface area (Å²) < 4.78 is 1.67. The average molecular weight is 399 g/mol. The summed E-state index contributed by atoms with van der Waals surface area (Å²) in [5.74, 6) is 0.825. The molecule has 3 N–H and O–H groups in total. The zero-order chi connectivity index (χ0) is 20.9. The first kappa shape index (κ1) is 20.9. The first-order valence-electron chi connectivity index (χ1n) is 10.0. The maximum Gasteiger partial charge on any atom is 0.227 e. The summed E-state index contributed by atoms with van der Waals surface area (Å²) >= 11 is 0. The Labute approximate surface area is 171 Å². The quantitative estimate of drug-likeness (QED) is 0.485. The number of hydrogen-bond donors (Lipinski definition) is 3. The van der Waals surface area contributed by atoms with Crippen LogP contribution in [0.1, 0.15) is 37.8 Å². The molecule has 0 aliphatic carbocycles. The van der Waals surface area contributed by atoms with E-state index < -0.39 is 5.60 Å². The molecule has 1 aromatic heterocycles. The number of aromatic nitrogens is 2. The molecule has 0 saturated carbocycles. The maximum absolute atomic E-state index is 11.9. The highest BCUT2D eigenvalue weighted by molar-refractivity contribution is 5.95. The molecule has 1 aromatic carbocycles. The number of carbonyl (C=O) groups is 1. The fourth-order valence-corrected chi connectivity index (χ4v) is 3.27. The van der Waals surface area contributed by atoms with Crippen LogP contribution >= 0.6 is 0 Å². The molecule has 1 unspecified atom stereocenters. The molecule has 1 fully saturated rings. The van der Waals surface area contributed by atoms with Crippen LogP contribution < -0.4 is 15.5 Å². The molecular weight excluding hydrogens is 368 g/mol. The highest BCUT2D eigenvalue weighted by Gasteiger charge is 2.25. The Morgan fingerprint density at radius 3 is 2.66 bits per heavy atom. The fourth-order valence-electron chi connectivity index (χ4n) is 3.27. The smallest absolute Gasteiger partial charge is 0.227 e. The summed E-state index contributed by atoms with van der Waals surface area (Å²) in [6.07, 6.45) is 5.02. The Balaban J connectivity index is 1.60. The monoisotopic (exact) mass is 398 g/mol. The van der Waals surface area contributed by atoms with Crippen molar-refractivity contribution in [2.75, 3.05) is 24.5 Å². The minimum Gasteiger partial charge on any atom is -0.383 e. The van der Waals surface area contributed by atoms with Gasteiger partial charge < -0.3 is 20.6 Å². The lowest BCUT2D eigenvalue weighted by Crippen LogP contribution is -2.44. The second kappa shape index (κ2) is 9.09. The Morgan fingerprint density at radius 1 is 1.31 bits per heavy atom. The van der Waals surface area contributed by atoms with Crippen molar-refractivity contribution >= 4 is 17.6 Å².